The molecule has 0 aromatic heterocycles. The maximum Gasteiger partial charge on any atom is 0.0314 e. The van der Waals surface area contributed by atoms with Gasteiger partial charge in [-0.1, -0.05) is 52.0 Å². The molecule has 24 heavy (non-hydrogen) atoms. The Kier molecular flexibility index (Phi) is 5.58. The van der Waals surface area contributed by atoms with Crippen LogP contribution in [0.25, 0.3) is 0 Å². The van der Waals surface area contributed by atoms with E-state index < -0.39 is 0 Å². The zero-order valence-corrected chi connectivity index (χ0v) is 15.6. The van der Waals surface area contributed by atoms with E-state index in [1.165, 1.54) is 24.0 Å². The van der Waals surface area contributed by atoms with Gasteiger partial charge in [-0.2, -0.15) is 0 Å². The average molecular weight is 325 g/mol. The third kappa shape index (κ3) is 5.92. The van der Waals surface area contributed by atoms with Crippen molar-refractivity contribution >= 4 is 11.4 Å². The van der Waals surface area contributed by atoms with Crippen LogP contribution in [0, 0.1) is 10.8 Å². The van der Waals surface area contributed by atoms with Gasteiger partial charge in [0, 0.05) is 11.4 Å². The molecular formula is C22H32N2. The lowest BCUT2D eigenvalue weighted by atomic mass is 9.74. The van der Waals surface area contributed by atoms with Crippen molar-refractivity contribution in [2.45, 2.75) is 53.4 Å². The van der Waals surface area contributed by atoms with Crippen LogP contribution >= 0.6 is 0 Å². The Hall–Kier alpha value is -1.96. The lowest BCUT2D eigenvalue weighted by molar-refractivity contribution is 0.236. The van der Waals surface area contributed by atoms with E-state index >= 15 is 0 Å². The highest BCUT2D eigenvalue weighted by Crippen LogP contribution is 2.35. The van der Waals surface area contributed by atoms with Crippen LogP contribution in [0.15, 0.2) is 48.5 Å². The second-order valence-corrected chi connectivity index (χ2v) is 8.67. The fourth-order valence-electron chi connectivity index (χ4n) is 3.23. The Morgan fingerprint density at radius 3 is 1.17 bits per heavy atom. The first kappa shape index (κ1) is 18.4. The van der Waals surface area contributed by atoms with Crippen molar-refractivity contribution in [1.29, 1.82) is 0 Å². The molecule has 0 amide bonds. The molecule has 0 unspecified atom stereocenters. The van der Waals surface area contributed by atoms with Gasteiger partial charge in [0.2, 0.25) is 0 Å². The van der Waals surface area contributed by atoms with E-state index in [2.05, 4.69) is 52.0 Å². The van der Waals surface area contributed by atoms with Gasteiger partial charge in [-0.15, -0.1) is 0 Å². The van der Waals surface area contributed by atoms with Gasteiger partial charge < -0.3 is 11.5 Å². The number of benzene rings is 2. The number of nitrogens with two attached hydrogens (primary N) is 2. The van der Waals surface area contributed by atoms with Crippen LogP contribution in [-0.4, -0.2) is 0 Å². The molecule has 0 fully saturated rings. The van der Waals surface area contributed by atoms with E-state index in [1.54, 1.807) is 0 Å². The van der Waals surface area contributed by atoms with E-state index in [0.29, 0.717) is 0 Å². The zero-order valence-electron chi connectivity index (χ0n) is 15.6. The van der Waals surface area contributed by atoms with Crippen LogP contribution < -0.4 is 11.5 Å². The summed E-state index contributed by atoms with van der Waals surface area (Å²) < 4.78 is 0. The van der Waals surface area contributed by atoms with Crippen LogP contribution in [0.4, 0.5) is 11.4 Å². The molecule has 0 heterocycles. The SMILES string of the molecule is CC(C)(CCC(C)(C)Cc1ccc(N)cc1)Cc1ccc(N)cc1. The Morgan fingerprint density at radius 2 is 0.875 bits per heavy atom. The van der Waals surface area contributed by atoms with E-state index in [9.17, 15) is 0 Å². The van der Waals surface area contributed by atoms with Crippen LogP contribution in [-0.2, 0) is 12.8 Å². The van der Waals surface area contributed by atoms with Crippen LogP contribution in [0.3, 0.4) is 0 Å². The molecule has 0 bridgehead atoms. The van der Waals surface area contributed by atoms with Crippen LogP contribution in [0.1, 0.15) is 51.7 Å². The Labute approximate surface area is 147 Å². The number of hydrogen-bond donors (Lipinski definition) is 2. The van der Waals surface area contributed by atoms with Crippen molar-refractivity contribution < 1.29 is 0 Å². The van der Waals surface area contributed by atoms with Crippen LogP contribution in [0.2, 0.25) is 0 Å². The van der Waals surface area contributed by atoms with Gasteiger partial charge >= 0.3 is 0 Å². The molecule has 0 atom stereocenters. The summed E-state index contributed by atoms with van der Waals surface area (Å²) in [6, 6.07) is 16.6. The standard InChI is InChI=1S/C22H32N2/c1-21(2,15-17-5-9-19(23)10-6-17)13-14-22(3,4)16-18-7-11-20(24)12-8-18/h5-12H,13-16,23-24H2,1-4H3. The maximum atomic E-state index is 5.78. The summed E-state index contributed by atoms with van der Waals surface area (Å²) in [6.07, 6.45) is 4.59. The summed E-state index contributed by atoms with van der Waals surface area (Å²) in [5.41, 5.74) is 16.5. The molecule has 2 rings (SSSR count). The minimum atomic E-state index is 0.286. The molecule has 2 aromatic carbocycles. The number of hydrogen-bond acceptors (Lipinski definition) is 2. The second kappa shape index (κ2) is 7.29. The smallest absolute Gasteiger partial charge is 0.0314 e. The largest absolute Gasteiger partial charge is 0.399 e. The predicted octanol–water partition coefficient (Wildman–Crippen LogP) is 5.47. The molecule has 0 aliphatic rings. The summed E-state index contributed by atoms with van der Waals surface area (Å²) in [6.45, 7) is 9.45. The zero-order chi connectivity index (χ0) is 17.8. The average Bonchev–Trinajstić information content (AvgIpc) is 2.50. The third-order valence-corrected chi connectivity index (χ3v) is 4.80. The molecule has 2 heteroatoms. The van der Waals surface area contributed by atoms with Gasteiger partial charge in [0.25, 0.3) is 0 Å². The van der Waals surface area contributed by atoms with Crippen molar-refractivity contribution in [2.24, 2.45) is 10.8 Å². The number of nitrogen functional groups attached to an aromatic ring is 2. The minimum Gasteiger partial charge on any atom is -0.399 e. The first-order valence-corrected chi connectivity index (χ1v) is 8.84. The van der Waals surface area contributed by atoms with Gasteiger partial charge in [0.1, 0.15) is 0 Å². The Bertz CT molecular complexity index is 577. The first-order valence-electron chi connectivity index (χ1n) is 8.84. The van der Waals surface area contributed by atoms with Crippen molar-refractivity contribution in [3.05, 3.63) is 59.7 Å². The topological polar surface area (TPSA) is 52.0 Å². The minimum absolute atomic E-state index is 0.286. The molecule has 2 aromatic rings. The summed E-state index contributed by atoms with van der Waals surface area (Å²) in [5.74, 6) is 0. The molecule has 0 spiro atoms. The molecule has 0 saturated heterocycles. The van der Waals surface area contributed by atoms with Gasteiger partial charge in [-0.3, -0.25) is 0 Å². The molecule has 0 aliphatic carbocycles. The Balaban J connectivity index is 1.91. The van der Waals surface area contributed by atoms with Gasteiger partial charge in [0.15, 0.2) is 0 Å². The van der Waals surface area contributed by atoms with Crippen molar-refractivity contribution in [3.63, 3.8) is 0 Å². The Morgan fingerprint density at radius 1 is 0.583 bits per heavy atom. The van der Waals surface area contributed by atoms with Gasteiger partial charge in [-0.05, 0) is 71.9 Å². The van der Waals surface area contributed by atoms with E-state index in [0.717, 1.165) is 24.2 Å². The summed E-state index contributed by atoms with van der Waals surface area (Å²) >= 11 is 0. The molecule has 2 nitrogen and oxygen atoms in total. The highest BCUT2D eigenvalue weighted by atomic mass is 14.5. The van der Waals surface area contributed by atoms with E-state index in [1.807, 2.05) is 24.3 Å². The first-order chi connectivity index (χ1) is 11.2. The summed E-state index contributed by atoms with van der Waals surface area (Å²) in [7, 11) is 0. The van der Waals surface area contributed by atoms with Gasteiger partial charge in [-0.25, -0.2) is 0 Å². The van der Waals surface area contributed by atoms with Gasteiger partial charge in [0.05, 0.1) is 0 Å². The summed E-state index contributed by atoms with van der Waals surface area (Å²) in [5, 5.41) is 0. The van der Waals surface area contributed by atoms with Crippen molar-refractivity contribution in [3.8, 4) is 0 Å². The monoisotopic (exact) mass is 324 g/mol. The number of rotatable bonds is 7. The van der Waals surface area contributed by atoms with Crippen molar-refractivity contribution in [2.75, 3.05) is 11.5 Å². The molecule has 0 aliphatic heterocycles. The van der Waals surface area contributed by atoms with E-state index in [4.69, 9.17) is 11.5 Å². The molecular weight excluding hydrogens is 292 g/mol. The highest BCUT2D eigenvalue weighted by molar-refractivity contribution is 5.40. The van der Waals surface area contributed by atoms with E-state index in [-0.39, 0.29) is 10.8 Å². The van der Waals surface area contributed by atoms with Crippen LogP contribution in [0.5, 0.6) is 0 Å². The summed E-state index contributed by atoms with van der Waals surface area (Å²) in [4.78, 5) is 0. The highest BCUT2D eigenvalue weighted by Gasteiger charge is 2.25. The third-order valence-electron chi connectivity index (χ3n) is 4.80. The lowest BCUT2D eigenvalue weighted by Gasteiger charge is -2.31. The van der Waals surface area contributed by atoms with Crippen molar-refractivity contribution in [1.82, 2.24) is 0 Å². The molecule has 0 saturated carbocycles. The second-order valence-electron chi connectivity index (χ2n) is 8.67. The fraction of sp³-hybridized carbons (Fsp3) is 0.455. The quantitative estimate of drug-likeness (QED) is 0.664. The number of anilines is 2. The lowest BCUT2D eigenvalue weighted by Crippen LogP contribution is -2.22. The molecule has 0 radical (unpaired) electrons. The molecule has 130 valence electrons. The normalized spacial score (nSPS) is 12.3. The predicted molar refractivity (Wildman–Crippen MR) is 106 cm³/mol. The molecule has 4 N–H and O–H groups in total. The maximum absolute atomic E-state index is 5.78. The fourth-order valence-corrected chi connectivity index (χ4v) is 3.23.